The van der Waals surface area contributed by atoms with Gasteiger partial charge < -0.3 is 14.9 Å². The number of likely N-dealkylation sites (tertiary alicyclic amines) is 1. The molecule has 0 bridgehead atoms. The van der Waals surface area contributed by atoms with Gasteiger partial charge in [0.1, 0.15) is 5.71 Å². The van der Waals surface area contributed by atoms with E-state index in [1.807, 2.05) is 0 Å². The largest absolute Gasteiger partial charge is 0.387 e. The summed E-state index contributed by atoms with van der Waals surface area (Å²) in [5.74, 6) is -0.116. The summed E-state index contributed by atoms with van der Waals surface area (Å²) in [4.78, 5) is 20.6. The molecule has 4 rings (SSSR count). The van der Waals surface area contributed by atoms with Crippen LogP contribution in [0.4, 0.5) is 0 Å². The van der Waals surface area contributed by atoms with Gasteiger partial charge in [0.15, 0.2) is 5.60 Å². The monoisotopic (exact) mass is 371 g/mol. The Morgan fingerprint density at radius 2 is 2.26 bits per heavy atom. The zero-order chi connectivity index (χ0) is 18.9. The van der Waals surface area contributed by atoms with Crippen LogP contribution in [0.1, 0.15) is 42.4 Å². The minimum absolute atomic E-state index is 0.116. The number of benzene rings is 1. The van der Waals surface area contributed by atoms with Crippen molar-refractivity contribution in [3.63, 3.8) is 0 Å². The lowest BCUT2D eigenvalue weighted by molar-refractivity contribution is -0.115. The molecule has 1 aromatic rings. The van der Waals surface area contributed by atoms with E-state index in [0.29, 0.717) is 18.7 Å². The highest BCUT2D eigenvalue weighted by molar-refractivity contribution is 6.39. The van der Waals surface area contributed by atoms with E-state index in [4.69, 9.17) is 9.57 Å². The van der Waals surface area contributed by atoms with Crippen LogP contribution in [0.5, 0.6) is 0 Å². The standard InChI is InChI=1S/C21H29N3O3/c1-15-5-6-17(10-16(15)2)13-24-8-7-21(14-24)11-19(23-27-21)20(25)22-12-18-4-3-9-26-18/h5-6,10,18H,3-4,7-9,11-14H2,1-2H3,(H,22,25)/t18-,21+/m0/s1. The van der Waals surface area contributed by atoms with Crippen molar-refractivity contribution >= 4 is 11.6 Å². The summed E-state index contributed by atoms with van der Waals surface area (Å²) in [5.41, 5.74) is 4.15. The summed E-state index contributed by atoms with van der Waals surface area (Å²) >= 11 is 0. The highest BCUT2D eigenvalue weighted by atomic mass is 16.7. The van der Waals surface area contributed by atoms with Crippen LogP contribution in [0.2, 0.25) is 0 Å². The predicted octanol–water partition coefficient (Wildman–Crippen LogP) is 2.32. The average molecular weight is 371 g/mol. The molecular formula is C21H29N3O3. The number of nitrogens with zero attached hydrogens (tertiary/aromatic N) is 2. The van der Waals surface area contributed by atoms with Crippen LogP contribution in [-0.4, -0.2) is 54.5 Å². The fraction of sp³-hybridized carbons (Fsp3) is 0.619. The van der Waals surface area contributed by atoms with Crippen LogP contribution in [0.25, 0.3) is 0 Å². The Labute approximate surface area is 160 Å². The molecule has 2 atom stereocenters. The van der Waals surface area contributed by atoms with Gasteiger partial charge in [-0.3, -0.25) is 9.69 Å². The van der Waals surface area contributed by atoms with Crippen molar-refractivity contribution in [2.75, 3.05) is 26.2 Å². The first-order valence-electron chi connectivity index (χ1n) is 9.96. The second-order valence-corrected chi connectivity index (χ2v) is 8.21. The molecule has 1 aromatic carbocycles. The van der Waals surface area contributed by atoms with Gasteiger partial charge in [-0.25, -0.2) is 0 Å². The second-order valence-electron chi connectivity index (χ2n) is 8.21. The minimum atomic E-state index is -0.337. The fourth-order valence-corrected chi connectivity index (χ4v) is 4.20. The van der Waals surface area contributed by atoms with Gasteiger partial charge in [-0.05, 0) is 43.4 Å². The van der Waals surface area contributed by atoms with Crippen LogP contribution >= 0.6 is 0 Å². The molecule has 1 N–H and O–H groups in total. The van der Waals surface area contributed by atoms with Crippen molar-refractivity contribution in [3.05, 3.63) is 34.9 Å². The van der Waals surface area contributed by atoms with Gasteiger partial charge in [0.05, 0.1) is 6.10 Å². The molecule has 6 heteroatoms. The van der Waals surface area contributed by atoms with Crippen LogP contribution in [0.15, 0.2) is 23.4 Å². The Morgan fingerprint density at radius 3 is 3.04 bits per heavy atom. The van der Waals surface area contributed by atoms with Crippen LogP contribution in [0.3, 0.4) is 0 Å². The molecule has 1 amide bonds. The van der Waals surface area contributed by atoms with Crippen LogP contribution in [0, 0.1) is 13.8 Å². The molecule has 0 unspecified atom stereocenters. The van der Waals surface area contributed by atoms with Gasteiger partial charge in [0.25, 0.3) is 5.91 Å². The average Bonchev–Trinajstić information content (AvgIpc) is 3.39. The molecule has 0 aromatic heterocycles. The lowest BCUT2D eigenvalue weighted by atomic mass is 9.96. The lowest BCUT2D eigenvalue weighted by Crippen LogP contribution is -2.39. The third kappa shape index (κ3) is 4.17. The number of carbonyl (C=O) groups excluding carboxylic acids is 1. The van der Waals surface area contributed by atoms with Gasteiger partial charge in [-0.1, -0.05) is 23.4 Å². The van der Waals surface area contributed by atoms with E-state index in [0.717, 1.165) is 45.5 Å². The maximum atomic E-state index is 12.4. The van der Waals surface area contributed by atoms with Crippen molar-refractivity contribution in [1.82, 2.24) is 10.2 Å². The quantitative estimate of drug-likeness (QED) is 0.863. The number of oxime groups is 1. The first kappa shape index (κ1) is 18.4. The number of carbonyl (C=O) groups is 1. The normalized spacial score (nSPS) is 27.8. The molecule has 0 radical (unpaired) electrons. The zero-order valence-corrected chi connectivity index (χ0v) is 16.3. The number of rotatable bonds is 5. The number of hydrogen-bond acceptors (Lipinski definition) is 5. The van der Waals surface area contributed by atoms with Crippen molar-refractivity contribution in [3.8, 4) is 0 Å². The van der Waals surface area contributed by atoms with E-state index in [2.05, 4.69) is 47.4 Å². The molecule has 3 aliphatic rings. The van der Waals surface area contributed by atoms with E-state index in [1.54, 1.807) is 0 Å². The number of nitrogens with one attached hydrogen (secondary N) is 1. The number of hydrogen-bond donors (Lipinski definition) is 1. The van der Waals surface area contributed by atoms with E-state index in [-0.39, 0.29) is 17.6 Å². The van der Waals surface area contributed by atoms with E-state index in [9.17, 15) is 4.79 Å². The molecule has 6 nitrogen and oxygen atoms in total. The fourth-order valence-electron chi connectivity index (χ4n) is 4.20. The second kappa shape index (κ2) is 7.60. The van der Waals surface area contributed by atoms with E-state index >= 15 is 0 Å². The number of amides is 1. The van der Waals surface area contributed by atoms with Crippen LogP contribution < -0.4 is 5.32 Å². The molecule has 27 heavy (non-hydrogen) atoms. The Balaban J connectivity index is 1.28. The Morgan fingerprint density at radius 1 is 1.37 bits per heavy atom. The van der Waals surface area contributed by atoms with E-state index in [1.165, 1.54) is 16.7 Å². The Kier molecular flexibility index (Phi) is 5.19. The van der Waals surface area contributed by atoms with Gasteiger partial charge in [-0.15, -0.1) is 0 Å². The number of ether oxygens (including phenoxy) is 1. The predicted molar refractivity (Wildman–Crippen MR) is 104 cm³/mol. The summed E-state index contributed by atoms with van der Waals surface area (Å²) in [6, 6.07) is 6.64. The molecule has 1 spiro atoms. The van der Waals surface area contributed by atoms with Crippen LogP contribution in [-0.2, 0) is 20.9 Å². The van der Waals surface area contributed by atoms with Gasteiger partial charge in [0.2, 0.25) is 0 Å². The zero-order valence-electron chi connectivity index (χ0n) is 16.3. The van der Waals surface area contributed by atoms with Gasteiger partial charge in [-0.2, -0.15) is 0 Å². The first-order chi connectivity index (χ1) is 13.0. The molecule has 3 aliphatic heterocycles. The van der Waals surface area contributed by atoms with Crippen molar-refractivity contribution in [2.24, 2.45) is 5.16 Å². The van der Waals surface area contributed by atoms with Crippen molar-refractivity contribution in [1.29, 1.82) is 0 Å². The smallest absolute Gasteiger partial charge is 0.269 e. The third-order valence-electron chi connectivity index (χ3n) is 5.99. The molecule has 0 aliphatic carbocycles. The Hall–Kier alpha value is -1.92. The molecule has 2 fully saturated rings. The Bertz CT molecular complexity index is 742. The highest BCUT2D eigenvalue weighted by Crippen LogP contribution is 2.34. The summed E-state index contributed by atoms with van der Waals surface area (Å²) < 4.78 is 5.55. The molecule has 0 saturated carbocycles. The maximum absolute atomic E-state index is 12.4. The molecule has 2 saturated heterocycles. The summed E-state index contributed by atoms with van der Waals surface area (Å²) in [6.45, 7) is 8.33. The van der Waals surface area contributed by atoms with E-state index < -0.39 is 0 Å². The molecular weight excluding hydrogens is 342 g/mol. The lowest BCUT2D eigenvalue weighted by Gasteiger charge is -2.22. The summed E-state index contributed by atoms with van der Waals surface area (Å²) in [6.07, 6.45) is 3.73. The number of aryl methyl sites for hydroxylation is 2. The summed E-state index contributed by atoms with van der Waals surface area (Å²) in [5, 5.41) is 7.07. The third-order valence-corrected chi connectivity index (χ3v) is 5.99. The minimum Gasteiger partial charge on any atom is -0.387 e. The topological polar surface area (TPSA) is 63.2 Å². The summed E-state index contributed by atoms with van der Waals surface area (Å²) in [7, 11) is 0. The first-order valence-corrected chi connectivity index (χ1v) is 9.96. The SMILES string of the molecule is Cc1ccc(CN2CC[C@@]3(CC(C(=O)NC[C@@H]4CCCO4)=NO3)C2)cc1C. The van der Waals surface area contributed by atoms with Crippen molar-refractivity contribution < 1.29 is 14.4 Å². The van der Waals surface area contributed by atoms with Gasteiger partial charge >= 0.3 is 0 Å². The van der Waals surface area contributed by atoms with Gasteiger partial charge in [0, 0.05) is 45.6 Å². The molecule has 146 valence electrons. The highest BCUT2D eigenvalue weighted by Gasteiger charge is 2.46. The maximum Gasteiger partial charge on any atom is 0.269 e. The molecule has 3 heterocycles. The van der Waals surface area contributed by atoms with Crippen molar-refractivity contribution in [2.45, 2.75) is 57.8 Å².